The topological polar surface area (TPSA) is 58.4 Å². The van der Waals surface area contributed by atoms with Gasteiger partial charge in [-0.05, 0) is 32.0 Å². The Labute approximate surface area is 139 Å². The molecule has 1 aliphatic rings. The summed E-state index contributed by atoms with van der Waals surface area (Å²) in [6.45, 7) is 7.18. The number of halogens is 1. The molecular weight excluding hydrogens is 311 g/mol. The van der Waals surface area contributed by atoms with Crippen molar-refractivity contribution in [3.05, 3.63) is 40.7 Å². The number of carbonyl (C=O) groups is 1. The van der Waals surface area contributed by atoms with Crippen LogP contribution >= 0.6 is 0 Å². The molecule has 2 heterocycles. The summed E-state index contributed by atoms with van der Waals surface area (Å²) >= 11 is 0. The van der Waals surface area contributed by atoms with Crippen molar-refractivity contribution in [3.8, 4) is 0 Å². The molecule has 1 aromatic carbocycles. The Hall–Kier alpha value is -2.28. The van der Waals surface area contributed by atoms with Gasteiger partial charge in [-0.1, -0.05) is 0 Å². The molecule has 1 aromatic heterocycles. The van der Waals surface area contributed by atoms with Gasteiger partial charge < -0.3 is 4.90 Å². The van der Waals surface area contributed by atoms with Crippen molar-refractivity contribution in [1.82, 2.24) is 19.4 Å². The molecule has 0 unspecified atom stereocenters. The Morgan fingerprint density at radius 1 is 1.25 bits per heavy atom. The van der Waals surface area contributed by atoms with Crippen molar-refractivity contribution in [3.63, 3.8) is 0 Å². The molecule has 0 saturated carbocycles. The second-order valence-corrected chi connectivity index (χ2v) is 6.35. The molecule has 128 valence electrons. The van der Waals surface area contributed by atoms with E-state index in [9.17, 15) is 14.0 Å². The van der Waals surface area contributed by atoms with Crippen molar-refractivity contribution in [2.45, 2.75) is 26.4 Å². The fourth-order valence-electron chi connectivity index (χ4n) is 2.98. The molecule has 2 aromatic rings. The molecule has 0 bridgehead atoms. The third-order valence-corrected chi connectivity index (χ3v) is 4.49. The van der Waals surface area contributed by atoms with E-state index in [2.05, 4.69) is 23.7 Å². The predicted molar refractivity (Wildman–Crippen MR) is 89.3 cm³/mol. The highest BCUT2D eigenvalue weighted by Crippen LogP contribution is 2.09. The highest BCUT2D eigenvalue weighted by atomic mass is 19.1. The number of hydrogen-bond donors (Lipinski definition) is 0. The maximum atomic E-state index is 13.3. The number of carbonyl (C=O) groups excluding carboxylic acids is 1. The van der Waals surface area contributed by atoms with E-state index in [1.807, 2.05) is 0 Å². The maximum Gasteiger partial charge on any atom is 0.261 e. The van der Waals surface area contributed by atoms with Gasteiger partial charge in [0, 0.05) is 32.2 Å². The van der Waals surface area contributed by atoms with Crippen molar-refractivity contribution >= 4 is 16.8 Å². The summed E-state index contributed by atoms with van der Waals surface area (Å²) < 4.78 is 14.6. The summed E-state index contributed by atoms with van der Waals surface area (Å²) in [5.41, 5.74) is 0.0318. The van der Waals surface area contributed by atoms with Gasteiger partial charge in [-0.3, -0.25) is 19.1 Å². The summed E-state index contributed by atoms with van der Waals surface area (Å²) in [5.74, 6) is -0.603. The van der Waals surface area contributed by atoms with E-state index in [-0.39, 0.29) is 17.8 Å². The van der Waals surface area contributed by atoms with Crippen LogP contribution in [0.2, 0.25) is 0 Å². The molecule has 1 fully saturated rings. The largest absolute Gasteiger partial charge is 0.339 e. The minimum absolute atomic E-state index is 0.0695. The van der Waals surface area contributed by atoms with Crippen molar-refractivity contribution in [2.75, 3.05) is 26.2 Å². The zero-order valence-corrected chi connectivity index (χ0v) is 13.9. The molecule has 0 aliphatic carbocycles. The molecule has 24 heavy (non-hydrogen) atoms. The smallest absolute Gasteiger partial charge is 0.261 e. The first kappa shape index (κ1) is 16.6. The lowest BCUT2D eigenvalue weighted by atomic mass is 10.2. The van der Waals surface area contributed by atoms with Crippen LogP contribution in [0.25, 0.3) is 10.9 Å². The van der Waals surface area contributed by atoms with Crippen molar-refractivity contribution < 1.29 is 9.18 Å². The van der Waals surface area contributed by atoms with Crippen LogP contribution in [-0.2, 0) is 11.3 Å². The SMILES string of the molecule is CC(C)N1CCN(C(=O)Cn2cnc3ccc(F)cc3c2=O)CC1. The zero-order chi connectivity index (χ0) is 17.3. The lowest BCUT2D eigenvalue weighted by Crippen LogP contribution is -2.51. The minimum atomic E-state index is -0.490. The summed E-state index contributed by atoms with van der Waals surface area (Å²) in [6, 6.07) is 4.35. The molecule has 0 atom stereocenters. The van der Waals surface area contributed by atoms with Gasteiger partial charge in [0.05, 0.1) is 17.2 Å². The predicted octanol–water partition coefficient (Wildman–Crippen LogP) is 1.09. The Balaban J connectivity index is 1.74. The number of benzene rings is 1. The number of aromatic nitrogens is 2. The molecule has 1 aliphatic heterocycles. The van der Waals surface area contributed by atoms with Crippen molar-refractivity contribution in [1.29, 1.82) is 0 Å². The van der Waals surface area contributed by atoms with Crippen LogP contribution in [0.1, 0.15) is 13.8 Å². The highest BCUT2D eigenvalue weighted by Gasteiger charge is 2.22. The number of nitrogens with zero attached hydrogens (tertiary/aromatic N) is 4. The third-order valence-electron chi connectivity index (χ3n) is 4.49. The number of amides is 1. The number of piperazine rings is 1. The van der Waals surface area contributed by atoms with E-state index in [1.165, 1.54) is 23.0 Å². The van der Waals surface area contributed by atoms with Crippen LogP contribution in [0.15, 0.2) is 29.3 Å². The monoisotopic (exact) mass is 332 g/mol. The van der Waals surface area contributed by atoms with Gasteiger partial charge in [-0.25, -0.2) is 9.37 Å². The van der Waals surface area contributed by atoms with Crippen molar-refractivity contribution in [2.24, 2.45) is 0 Å². The van der Waals surface area contributed by atoms with E-state index in [0.717, 1.165) is 19.2 Å². The molecule has 1 amide bonds. The molecule has 1 saturated heterocycles. The van der Waals surface area contributed by atoms with Gasteiger partial charge in [-0.15, -0.1) is 0 Å². The lowest BCUT2D eigenvalue weighted by Gasteiger charge is -2.37. The van der Waals surface area contributed by atoms with Crippen LogP contribution in [0.5, 0.6) is 0 Å². The first-order valence-corrected chi connectivity index (χ1v) is 8.12. The number of fused-ring (bicyclic) bond motifs is 1. The van der Waals surface area contributed by atoms with Gasteiger partial charge in [0.15, 0.2) is 0 Å². The standard InChI is InChI=1S/C17H21FN4O2/c1-12(2)20-5-7-21(8-6-20)16(23)10-22-11-19-15-4-3-13(18)9-14(15)17(22)24/h3-4,9,11-12H,5-8,10H2,1-2H3. The molecule has 0 spiro atoms. The molecule has 3 rings (SSSR count). The lowest BCUT2D eigenvalue weighted by molar-refractivity contribution is -0.133. The minimum Gasteiger partial charge on any atom is -0.339 e. The van der Waals surface area contributed by atoms with Gasteiger partial charge in [-0.2, -0.15) is 0 Å². The average Bonchev–Trinajstić information content (AvgIpc) is 2.58. The second kappa shape index (κ2) is 6.68. The highest BCUT2D eigenvalue weighted by molar-refractivity contribution is 5.79. The average molecular weight is 332 g/mol. The van der Waals surface area contributed by atoms with E-state index in [4.69, 9.17) is 0 Å². The van der Waals surface area contributed by atoms with Crippen LogP contribution in [-0.4, -0.2) is 57.5 Å². The fourth-order valence-corrected chi connectivity index (χ4v) is 2.98. The third kappa shape index (κ3) is 3.31. The summed E-state index contributed by atoms with van der Waals surface area (Å²) in [6.07, 6.45) is 1.35. The Kier molecular flexibility index (Phi) is 4.62. The van der Waals surface area contributed by atoms with Crippen LogP contribution in [0, 0.1) is 5.82 Å². The van der Waals surface area contributed by atoms with E-state index >= 15 is 0 Å². The molecular formula is C17H21FN4O2. The Morgan fingerprint density at radius 3 is 2.62 bits per heavy atom. The zero-order valence-electron chi connectivity index (χ0n) is 13.9. The molecule has 7 heteroatoms. The van der Waals surface area contributed by atoms with Crippen LogP contribution in [0.4, 0.5) is 4.39 Å². The van der Waals surface area contributed by atoms with E-state index < -0.39 is 11.4 Å². The first-order valence-electron chi connectivity index (χ1n) is 8.12. The van der Waals surface area contributed by atoms with Gasteiger partial charge in [0.25, 0.3) is 5.56 Å². The van der Waals surface area contributed by atoms with Gasteiger partial charge in [0.2, 0.25) is 5.91 Å². The quantitative estimate of drug-likeness (QED) is 0.844. The number of rotatable bonds is 3. The molecule has 0 radical (unpaired) electrons. The summed E-state index contributed by atoms with van der Waals surface area (Å²) in [7, 11) is 0. The van der Waals surface area contributed by atoms with Gasteiger partial charge in [0.1, 0.15) is 12.4 Å². The molecule has 0 N–H and O–H groups in total. The van der Waals surface area contributed by atoms with E-state index in [1.54, 1.807) is 4.90 Å². The van der Waals surface area contributed by atoms with E-state index in [0.29, 0.717) is 24.6 Å². The second-order valence-electron chi connectivity index (χ2n) is 6.35. The number of hydrogen-bond acceptors (Lipinski definition) is 4. The normalized spacial score (nSPS) is 16.1. The van der Waals surface area contributed by atoms with Crippen LogP contribution in [0.3, 0.4) is 0 Å². The summed E-state index contributed by atoms with van der Waals surface area (Å²) in [5, 5.41) is 0.190. The fraction of sp³-hybridized carbons (Fsp3) is 0.471. The Morgan fingerprint density at radius 2 is 1.96 bits per heavy atom. The van der Waals surface area contributed by atoms with Crippen LogP contribution < -0.4 is 5.56 Å². The maximum absolute atomic E-state index is 13.3. The first-order chi connectivity index (χ1) is 11.5. The summed E-state index contributed by atoms with van der Waals surface area (Å²) in [4.78, 5) is 33.1. The molecule has 6 nitrogen and oxygen atoms in total. The Bertz CT molecular complexity index is 810. The van der Waals surface area contributed by atoms with Gasteiger partial charge >= 0.3 is 0 Å².